The van der Waals surface area contributed by atoms with Crippen LogP contribution in [0.3, 0.4) is 0 Å². The van der Waals surface area contributed by atoms with Gasteiger partial charge in [-0.3, -0.25) is 4.79 Å². The number of ether oxygens (including phenoxy) is 2. The third kappa shape index (κ3) is 4.66. The monoisotopic (exact) mass is 439 g/mol. The Morgan fingerprint density at radius 3 is 2.50 bits per heavy atom. The van der Waals surface area contributed by atoms with Crippen LogP contribution in [-0.4, -0.2) is 55.4 Å². The number of hydrogen-bond donors (Lipinski definition) is 0. The lowest BCUT2D eigenvalue weighted by Gasteiger charge is -2.07. The number of rotatable bonds is 10. The van der Waals surface area contributed by atoms with Crippen LogP contribution >= 0.6 is 28.5 Å². The lowest BCUT2D eigenvalue weighted by atomic mass is 10.2. The van der Waals surface area contributed by atoms with Gasteiger partial charge in [-0.15, -0.1) is 0 Å². The molecule has 1 amide bonds. The molecule has 0 bridgehead atoms. The van der Waals surface area contributed by atoms with E-state index in [2.05, 4.69) is 22.0 Å². The first-order chi connectivity index (χ1) is 10.8. The van der Waals surface area contributed by atoms with Crippen molar-refractivity contribution in [3.63, 3.8) is 0 Å². The Balaban J connectivity index is 1.63. The molecule has 1 aliphatic heterocycles. The van der Waals surface area contributed by atoms with Crippen molar-refractivity contribution >= 4 is 40.1 Å². The lowest BCUT2D eigenvalue weighted by molar-refractivity contribution is -0.610. The first-order valence-electron chi connectivity index (χ1n) is 6.76. The largest absolute Gasteiger partial charge is 0.377 e. The molecular weight excluding hydrogens is 422 g/mol. The first-order valence-corrected chi connectivity index (χ1v) is 10.8. The Kier molecular flexibility index (Phi) is 7.61. The molecule has 7 nitrogen and oxygen atoms in total. The Hall–Kier alpha value is -0.670. The highest BCUT2D eigenvalue weighted by Gasteiger charge is 2.43. The highest BCUT2D eigenvalue weighted by atomic mass is 127. The third-order valence-electron chi connectivity index (χ3n) is 3.00. The minimum atomic E-state index is -0.290. The predicted molar refractivity (Wildman–Crippen MR) is 90.7 cm³/mol. The van der Waals surface area contributed by atoms with Gasteiger partial charge >= 0.3 is 11.6 Å². The normalized spacial score (nSPS) is 14.3. The van der Waals surface area contributed by atoms with E-state index in [-0.39, 0.29) is 19.1 Å². The Morgan fingerprint density at radius 1 is 1.09 bits per heavy atom. The molecule has 1 heterocycles. The van der Waals surface area contributed by atoms with Crippen LogP contribution in [0, 0.1) is 4.91 Å². The second-order valence-corrected chi connectivity index (χ2v) is 6.13. The van der Waals surface area contributed by atoms with Crippen LogP contribution in [-0.2, 0) is 14.0 Å². The Bertz CT molecular complexity index is 496. The fourth-order valence-electron chi connectivity index (χ4n) is 1.98. The third-order valence-corrected chi connectivity index (χ3v) is 4.25. The van der Waals surface area contributed by atoms with E-state index < -0.39 is 0 Å². The number of nitroso groups, excluding NO2 is 1. The number of fused-ring (bicyclic) bond motifs is 1. The van der Waals surface area contributed by atoms with Crippen LogP contribution in [0.1, 0.15) is 10.4 Å². The summed E-state index contributed by atoms with van der Waals surface area (Å²) in [7, 11) is 0. The maximum absolute atomic E-state index is 12.1. The van der Waals surface area contributed by atoms with Crippen molar-refractivity contribution in [3.8, 4) is 0 Å². The van der Waals surface area contributed by atoms with E-state index in [1.54, 1.807) is 24.3 Å². The average molecular weight is 439 g/mol. The molecule has 0 fully saturated rings. The smallest absolute Gasteiger partial charge is 0.320 e. The molecule has 1 atom stereocenters. The molecule has 0 aliphatic carbocycles. The first kappa shape index (κ1) is 17.7. The molecule has 2 rings (SSSR count). The van der Waals surface area contributed by atoms with Crippen LogP contribution in [0.15, 0.2) is 24.3 Å². The van der Waals surface area contributed by atoms with Gasteiger partial charge in [-0.05, 0) is 28.1 Å². The average Bonchev–Trinajstić information content (AvgIpc) is 2.78. The number of amides is 1. The zero-order chi connectivity index (χ0) is 15.8. The summed E-state index contributed by atoms with van der Waals surface area (Å²) in [6.07, 6.45) is 0. The standard InChI is InChI=1S/C13H17IN2O5P/c14-22-21-10-9-20-8-7-19-6-5-15-13(17)11-3-1-2-4-12(11)16(15)18/h1-4,22H,5-10H2/q+1. The number of carbonyl (C=O) groups is 1. The second kappa shape index (κ2) is 9.46. The summed E-state index contributed by atoms with van der Waals surface area (Å²) in [5.74, 6) is -0.290. The molecular formula is C13H17IN2O5P+. The maximum atomic E-state index is 12.1. The van der Waals surface area contributed by atoms with E-state index in [9.17, 15) is 9.70 Å². The maximum Gasteiger partial charge on any atom is 0.320 e. The molecule has 120 valence electrons. The summed E-state index contributed by atoms with van der Waals surface area (Å²) in [5, 5.41) is 1.14. The van der Waals surface area contributed by atoms with Crippen molar-refractivity contribution in [1.29, 1.82) is 0 Å². The number of hydrazine groups is 1. The molecule has 0 radical (unpaired) electrons. The fraction of sp³-hybridized carbons (Fsp3) is 0.462. The molecule has 9 heteroatoms. The SMILES string of the molecule is O=C1c2ccccc2[N+](=O)N1CCOCCOCCOPI. The molecule has 0 N–H and O–H groups in total. The minimum absolute atomic E-state index is 0.218. The summed E-state index contributed by atoms with van der Waals surface area (Å²) in [6.45, 7) is 2.93. The van der Waals surface area contributed by atoms with E-state index in [0.29, 0.717) is 49.0 Å². The van der Waals surface area contributed by atoms with Gasteiger partial charge in [0.1, 0.15) is 12.1 Å². The number of halogens is 1. The van der Waals surface area contributed by atoms with E-state index in [4.69, 9.17) is 14.0 Å². The van der Waals surface area contributed by atoms with Gasteiger partial charge < -0.3 is 14.0 Å². The molecule has 1 aliphatic rings. The lowest BCUT2D eigenvalue weighted by Crippen LogP contribution is -2.33. The van der Waals surface area contributed by atoms with Crippen molar-refractivity contribution in [3.05, 3.63) is 34.7 Å². The van der Waals surface area contributed by atoms with Gasteiger partial charge in [0.2, 0.25) is 0 Å². The van der Waals surface area contributed by atoms with Crippen molar-refractivity contribution < 1.29 is 23.7 Å². The highest BCUT2D eigenvalue weighted by molar-refractivity contribution is 14.2. The second-order valence-electron chi connectivity index (χ2n) is 4.37. The number of para-hydroxylation sites is 1. The summed E-state index contributed by atoms with van der Waals surface area (Å²) >= 11 is 2.15. The highest BCUT2D eigenvalue weighted by Crippen LogP contribution is 2.28. The molecule has 0 spiro atoms. The summed E-state index contributed by atoms with van der Waals surface area (Å²) in [4.78, 5) is 24.7. The molecule has 22 heavy (non-hydrogen) atoms. The topological polar surface area (TPSA) is 68.1 Å². The van der Waals surface area contributed by atoms with Gasteiger partial charge in [0, 0.05) is 6.07 Å². The fourth-order valence-corrected chi connectivity index (χ4v) is 2.80. The van der Waals surface area contributed by atoms with E-state index in [0.717, 1.165) is 5.01 Å². The van der Waals surface area contributed by atoms with Crippen molar-refractivity contribution in [1.82, 2.24) is 5.01 Å². The number of hydrogen-bond acceptors (Lipinski definition) is 5. The number of nitrogens with zero attached hydrogens (tertiary/aromatic N) is 2. The summed E-state index contributed by atoms with van der Waals surface area (Å²) < 4.78 is 15.8. The van der Waals surface area contributed by atoms with Crippen LogP contribution in [0.25, 0.3) is 0 Å². The number of carbonyl (C=O) groups excluding carboxylic acids is 1. The zero-order valence-electron chi connectivity index (χ0n) is 11.9. The number of benzene rings is 1. The minimum Gasteiger partial charge on any atom is -0.377 e. The molecule has 1 unspecified atom stereocenters. The van der Waals surface area contributed by atoms with Crippen molar-refractivity contribution in [2.75, 3.05) is 39.6 Å². The Morgan fingerprint density at radius 2 is 1.77 bits per heavy atom. The van der Waals surface area contributed by atoms with Crippen molar-refractivity contribution in [2.45, 2.75) is 0 Å². The summed E-state index contributed by atoms with van der Waals surface area (Å²) in [5.41, 5.74) is 0.809. The predicted octanol–water partition coefficient (Wildman–Crippen LogP) is 2.46. The van der Waals surface area contributed by atoms with Gasteiger partial charge in [-0.2, -0.15) is 0 Å². The van der Waals surface area contributed by atoms with Gasteiger partial charge in [0.15, 0.2) is 4.87 Å². The quantitative estimate of drug-likeness (QED) is 0.243. The van der Waals surface area contributed by atoms with Crippen LogP contribution < -0.4 is 0 Å². The van der Waals surface area contributed by atoms with Crippen LogP contribution in [0.5, 0.6) is 0 Å². The van der Waals surface area contributed by atoms with Crippen molar-refractivity contribution in [2.24, 2.45) is 0 Å². The van der Waals surface area contributed by atoms with Crippen LogP contribution in [0.2, 0.25) is 0 Å². The van der Waals surface area contributed by atoms with E-state index in [1.807, 2.05) is 0 Å². The molecule has 0 aromatic heterocycles. The molecule has 0 saturated carbocycles. The Labute approximate surface area is 143 Å². The van der Waals surface area contributed by atoms with Crippen LogP contribution in [0.4, 0.5) is 5.69 Å². The van der Waals surface area contributed by atoms with Gasteiger partial charge in [0.05, 0.1) is 44.4 Å². The van der Waals surface area contributed by atoms with Gasteiger partial charge in [-0.25, -0.2) is 0 Å². The molecule has 0 saturated heterocycles. The van der Waals surface area contributed by atoms with Gasteiger partial charge in [-0.1, -0.05) is 17.1 Å². The van der Waals surface area contributed by atoms with E-state index in [1.165, 1.54) is 0 Å². The van der Waals surface area contributed by atoms with Gasteiger partial charge in [0.25, 0.3) is 0 Å². The van der Waals surface area contributed by atoms with E-state index >= 15 is 0 Å². The molecule has 1 aromatic carbocycles. The summed E-state index contributed by atoms with van der Waals surface area (Å²) in [6, 6.07) is 6.75. The zero-order valence-corrected chi connectivity index (χ0v) is 15.0. The molecule has 1 aromatic rings.